The van der Waals surface area contributed by atoms with Gasteiger partial charge in [0.2, 0.25) is 0 Å². The number of oxazole rings is 1. The number of rotatable bonds is 2. The lowest BCUT2D eigenvalue weighted by Gasteiger charge is -1.94. The molecule has 2 heterocycles. The first-order chi connectivity index (χ1) is 6.75. The lowest BCUT2D eigenvalue weighted by Crippen LogP contribution is -2.01. The van der Waals surface area contributed by atoms with Crippen LogP contribution in [0.4, 0.5) is 0 Å². The normalized spacial score (nSPS) is 10.4. The summed E-state index contributed by atoms with van der Waals surface area (Å²) in [5.74, 6) is 0. The van der Waals surface area contributed by atoms with Crippen molar-refractivity contribution in [3.05, 3.63) is 33.1 Å². The smallest absolute Gasteiger partial charge is 0.265 e. The molecule has 6 heteroatoms. The van der Waals surface area contributed by atoms with Crippen LogP contribution in [0.15, 0.2) is 37.3 Å². The van der Waals surface area contributed by atoms with Gasteiger partial charge < -0.3 is 4.42 Å². The van der Waals surface area contributed by atoms with Crippen molar-refractivity contribution >= 4 is 23.1 Å². The largest absolute Gasteiger partial charge is 0.440 e. The maximum atomic E-state index is 11.4. The maximum absolute atomic E-state index is 11.4. The summed E-state index contributed by atoms with van der Waals surface area (Å²) in [6.07, 6.45) is 3.00. The molecule has 14 heavy (non-hydrogen) atoms. The first kappa shape index (κ1) is 9.42. The van der Waals surface area contributed by atoms with E-state index in [0.717, 1.165) is 28.8 Å². The Labute approximate surface area is 88.0 Å². The van der Waals surface area contributed by atoms with Crippen molar-refractivity contribution in [1.29, 1.82) is 0 Å². The zero-order chi connectivity index (χ0) is 9.97. The second kappa shape index (κ2) is 3.93. The van der Waals surface area contributed by atoms with Crippen LogP contribution in [0.1, 0.15) is 5.69 Å². The monoisotopic (exact) mass is 226 g/mol. The van der Waals surface area contributed by atoms with Crippen LogP contribution in [0.5, 0.6) is 0 Å². The van der Waals surface area contributed by atoms with Crippen molar-refractivity contribution in [3.8, 4) is 0 Å². The Balaban J connectivity index is 2.33. The van der Waals surface area contributed by atoms with Gasteiger partial charge >= 0.3 is 0 Å². The third-order valence-electron chi connectivity index (χ3n) is 1.38. The summed E-state index contributed by atoms with van der Waals surface area (Å²) in [7, 11) is 0. The van der Waals surface area contributed by atoms with Gasteiger partial charge in [0.05, 0.1) is 6.20 Å². The third kappa shape index (κ3) is 2.02. The van der Waals surface area contributed by atoms with Gasteiger partial charge in [-0.15, -0.1) is 0 Å². The minimum absolute atomic E-state index is 0.0706. The summed E-state index contributed by atoms with van der Waals surface area (Å²) in [6.45, 7) is 1.84. The van der Waals surface area contributed by atoms with Gasteiger partial charge in [0.25, 0.3) is 9.97 Å². The predicted molar refractivity (Wildman–Crippen MR) is 53.7 cm³/mol. The van der Waals surface area contributed by atoms with E-state index in [4.69, 9.17) is 4.42 Å². The van der Waals surface area contributed by atoms with Crippen molar-refractivity contribution in [2.24, 2.45) is 0 Å². The Morgan fingerprint density at radius 1 is 1.57 bits per heavy atom. The second-order valence-corrected chi connectivity index (χ2v) is 4.26. The summed E-state index contributed by atoms with van der Waals surface area (Å²) in [6, 6.07) is 0. The molecule has 0 aromatic carbocycles. The van der Waals surface area contributed by atoms with Crippen molar-refractivity contribution in [2.75, 3.05) is 0 Å². The van der Waals surface area contributed by atoms with Gasteiger partial charge in [-0.2, -0.15) is 0 Å². The van der Waals surface area contributed by atoms with E-state index in [9.17, 15) is 4.79 Å². The Morgan fingerprint density at radius 2 is 2.43 bits per heavy atom. The maximum Gasteiger partial charge on any atom is 0.265 e. The van der Waals surface area contributed by atoms with Gasteiger partial charge in [-0.3, -0.25) is 4.79 Å². The molecule has 0 atom stereocenters. The van der Waals surface area contributed by atoms with Gasteiger partial charge in [0.15, 0.2) is 5.03 Å². The molecule has 0 N–H and O–H groups in total. The highest BCUT2D eigenvalue weighted by Crippen LogP contribution is 2.21. The molecule has 0 aliphatic rings. The van der Waals surface area contributed by atoms with Gasteiger partial charge in [0.1, 0.15) is 6.26 Å². The third-order valence-corrected chi connectivity index (χ3v) is 3.22. The Hall–Kier alpha value is -1.14. The highest BCUT2D eigenvalue weighted by molar-refractivity contribution is 7.99. The van der Waals surface area contributed by atoms with Gasteiger partial charge in [-0.1, -0.05) is 11.3 Å². The number of aromatic nitrogens is 2. The Kier molecular flexibility index (Phi) is 2.64. The fourth-order valence-electron chi connectivity index (χ4n) is 0.829. The second-order valence-electron chi connectivity index (χ2n) is 2.48. The molecule has 0 aliphatic carbocycles. The van der Waals surface area contributed by atoms with Crippen LogP contribution >= 0.6 is 23.1 Å². The molecule has 0 bridgehead atoms. The fourth-order valence-corrected chi connectivity index (χ4v) is 2.23. The highest BCUT2D eigenvalue weighted by Gasteiger charge is 2.07. The van der Waals surface area contributed by atoms with E-state index in [1.54, 1.807) is 5.38 Å². The minimum atomic E-state index is -0.0706. The highest BCUT2D eigenvalue weighted by atomic mass is 32.2. The van der Waals surface area contributed by atoms with Gasteiger partial charge in [-0.05, 0) is 18.7 Å². The van der Waals surface area contributed by atoms with Crippen LogP contribution in [-0.2, 0) is 0 Å². The average Bonchev–Trinajstić information content (AvgIpc) is 2.64. The molecule has 4 nitrogen and oxygen atoms in total. The van der Waals surface area contributed by atoms with E-state index in [0.29, 0.717) is 10.2 Å². The molecule has 2 aromatic rings. The molecule has 2 aromatic heterocycles. The topological polar surface area (TPSA) is 56.0 Å². The van der Waals surface area contributed by atoms with Crippen LogP contribution in [-0.4, -0.2) is 9.97 Å². The van der Waals surface area contributed by atoms with Gasteiger partial charge in [-0.25, -0.2) is 9.97 Å². The molecule has 0 saturated carbocycles. The van der Waals surface area contributed by atoms with E-state index < -0.39 is 0 Å². The average molecular weight is 226 g/mol. The Bertz CT molecular complexity index is 478. The van der Waals surface area contributed by atoms with Crippen molar-refractivity contribution in [2.45, 2.75) is 17.2 Å². The van der Waals surface area contributed by atoms with Crippen molar-refractivity contribution in [1.82, 2.24) is 9.97 Å². The van der Waals surface area contributed by atoms with E-state index in [1.807, 2.05) is 6.92 Å². The van der Waals surface area contributed by atoms with Crippen LogP contribution in [0.3, 0.4) is 0 Å². The summed E-state index contributed by atoms with van der Waals surface area (Å²) in [4.78, 5) is 19.4. The fraction of sp³-hybridized carbons (Fsp3) is 0.125. The van der Waals surface area contributed by atoms with Crippen LogP contribution in [0.25, 0.3) is 0 Å². The van der Waals surface area contributed by atoms with E-state index in [1.165, 1.54) is 12.5 Å². The first-order valence-corrected chi connectivity index (χ1v) is 5.49. The summed E-state index contributed by atoms with van der Waals surface area (Å²) in [5.41, 5.74) is 0.823. The van der Waals surface area contributed by atoms with E-state index in [2.05, 4.69) is 9.97 Å². The summed E-state index contributed by atoms with van der Waals surface area (Å²) in [5, 5.41) is 2.58. The molecular formula is C8H6N2O2S2. The number of hydrogen-bond donors (Lipinski definition) is 0. The van der Waals surface area contributed by atoms with E-state index >= 15 is 0 Å². The van der Waals surface area contributed by atoms with Crippen LogP contribution in [0.2, 0.25) is 0 Å². The quantitative estimate of drug-likeness (QED) is 0.783. The molecule has 2 rings (SSSR count). The van der Waals surface area contributed by atoms with Crippen LogP contribution < -0.4 is 4.74 Å². The standard InChI is InChI=1S/C8H6N2O2S2/c1-5-4-13-7(11)6(10-5)14-8-9-2-3-12-8/h2-4H,1H3. The molecule has 0 aliphatic heterocycles. The lowest BCUT2D eigenvalue weighted by molar-refractivity contribution is 0.454. The summed E-state index contributed by atoms with van der Waals surface area (Å²) >= 11 is 2.28. The van der Waals surface area contributed by atoms with E-state index in [-0.39, 0.29) is 4.74 Å². The van der Waals surface area contributed by atoms with Crippen molar-refractivity contribution in [3.63, 3.8) is 0 Å². The molecule has 0 saturated heterocycles. The first-order valence-electron chi connectivity index (χ1n) is 3.79. The summed E-state index contributed by atoms with van der Waals surface area (Å²) < 4.78 is 4.94. The molecule has 0 unspecified atom stereocenters. The molecule has 0 radical (unpaired) electrons. The molecule has 0 spiro atoms. The SMILES string of the molecule is Cc1csc(=O)c(Sc2ncco2)n1. The van der Waals surface area contributed by atoms with Crippen LogP contribution in [0, 0.1) is 6.92 Å². The molecule has 0 amide bonds. The number of nitrogens with zero attached hydrogens (tertiary/aromatic N) is 2. The lowest BCUT2D eigenvalue weighted by atomic mass is 10.6. The number of aryl methyl sites for hydroxylation is 1. The van der Waals surface area contributed by atoms with Crippen molar-refractivity contribution < 1.29 is 4.42 Å². The Morgan fingerprint density at radius 3 is 3.14 bits per heavy atom. The van der Waals surface area contributed by atoms with Gasteiger partial charge in [0, 0.05) is 11.1 Å². The minimum Gasteiger partial charge on any atom is -0.440 e. The molecular weight excluding hydrogens is 220 g/mol. The molecule has 72 valence electrons. The zero-order valence-electron chi connectivity index (χ0n) is 7.26. The zero-order valence-corrected chi connectivity index (χ0v) is 8.89. The molecule has 0 fully saturated rings. The number of hydrogen-bond acceptors (Lipinski definition) is 6. The predicted octanol–water partition coefficient (Wildman–Crippen LogP) is 1.95.